The van der Waals surface area contributed by atoms with Crippen molar-refractivity contribution in [2.45, 2.75) is 50.4 Å². The Morgan fingerprint density at radius 3 is 2.72 bits per heavy atom. The van der Waals surface area contributed by atoms with E-state index in [0.29, 0.717) is 25.1 Å². The zero-order valence-corrected chi connectivity index (χ0v) is 16.9. The van der Waals surface area contributed by atoms with Gasteiger partial charge < -0.3 is 31.4 Å². The standard InChI is InChI=1S/C17H26N6O5S/c1-9(14(24)22-12(7-29)17(27)28)21-15(25)13-3-2-4-23(13)16(26)11(18)5-10-6-19-8-20-10/h6,8-9,11-13,29H,2-5,7,18H2,1H3,(H,19,20)(H,21,25)(H,22,24)(H,27,28). The fourth-order valence-corrected chi connectivity index (χ4v) is 3.34. The molecule has 0 aliphatic carbocycles. The second-order valence-corrected chi connectivity index (χ2v) is 7.25. The molecule has 0 bridgehead atoms. The van der Waals surface area contributed by atoms with Crippen molar-refractivity contribution >= 4 is 36.3 Å². The Balaban J connectivity index is 1.93. The van der Waals surface area contributed by atoms with Crippen molar-refractivity contribution < 1.29 is 24.3 Å². The molecule has 1 fully saturated rings. The summed E-state index contributed by atoms with van der Waals surface area (Å²) in [4.78, 5) is 56.7. The van der Waals surface area contributed by atoms with Gasteiger partial charge in [-0.2, -0.15) is 12.6 Å². The van der Waals surface area contributed by atoms with Gasteiger partial charge in [-0.25, -0.2) is 9.78 Å². The highest BCUT2D eigenvalue weighted by atomic mass is 32.1. The van der Waals surface area contributed by atoms with E-state index in [2.05, 4.69) is 33.2 Å². The molecule has 6 N–H and O–H groups in total. The molecule has 1 aliphatic heterocycles. The highest BCUT2D eigenvalue weighted by Gasteiger charge is 2.37. The van der Waals surface area contributed by atoms with Gasteiger partial charge in [-0.05, 0) is 19.8 Å². The number of carboxylic acid groups (broad SMARTS) is 1. The Hall–Kier alpha value is -2.60. The zero-order valence-electron chi connectivity index (χ0n) is 16.0. The molecule has 2 rings (SSSR count). The number of carbonyl (C=O) groups is 4. The molecule has 2 heterocycles. The SMILES string of the molecule is CC(NC(=O)C1CCCN1C(=O)C(N)Cc1cnc[nH]1)C(=O)NC(CS)C(=O)O. The summed E-state index contributed by atoms with van der Waals surface area (Å²) in [7, 11) is 0. The van der Waals surface area contributed by atoms with E-state index in [9.17, 15) is 19.2 Å². The van der Waals surface area contributed by atoms with Gasteiger partial charge in [0.1, 0.15) is 18.1 Å². The van der Waals surface area contributed by atoms with Gasteiger partial charge in [-0.15, -0.1) is 0 Å². The number of hydrogen-bond acceptors (Lipinski definition) is 7. The van der Waals surface area contributed by atoms with E-state index >= 15 is 0 Å². The van der Waals surface area contributed by atoms with Crippen LogP contribution in [0.15, 0.2) is 12.5 Å². The van der Waals surface area contributed by atoms with Crippen LogP contribution in [-0.4, -0.2) is 80.1 Å². The van der Waals surface area contributed by atoms with Gasteiger partial charge in [0.25, 0.3) is 0 Å². The number of thiol groups is 1. The second-order valence-electron chi connectivity index (χ2n) is 6.89. The minimum Gasteiger partial charge on any atom is -0.480 e. The van der Waals surface area contributed by atoms with Gasteiger partial charge in [-0.1, -0.05) is 0 Å². The van der Waals surface area contributed by atoms with Crippen LogP contribution < -0.4 is 16.4 Å². The molecule has 0 aromatic carbocycles. The second kappa shape index (κ2) is 10.3. The van der Waals surface area contributed by atoms with Gasteiger partial charge in [-0.3, -0.25) is 14.4 Å². The molecule has 0 spiro atoms. The molecule has 3 amide bonds. The van der Waals surface area contributed by atoms with E-state index in [4.69, 9.17) is 10.8 Å². The summed E-state index contributed by atoms with van der Waals surface area (Å²) in [5.74, 6) is -2.78. The first-order valence-electron chi connectivity index (χ1n) is 9.22. The number of H-pyrrole nitrogens is 1. The number of imidazole rings is 1. The lowest BCUT2D eigenvalue weighted by molar-refractivity contribution is -0.142. The van der Waals surface area contributed by atoms with Crippen LogP contribution >= 0.6 is 12.6 Å². The molecule has 1 aromatic rings. The summed E-state index contributed by atoms with van der Waals surface area (Å²) in [6, 6.07) is -3.68. The average Bonchev–Trinajstić information content (AvgIpc) is 3.36. The highest BCUT2D eigenvalue weighted by Crippen LogP contribution is 2.19. The fourth-order valence-electron chi connectivity index (χ4n) is 3.09. The number of nitrogens with one attached hydrogen (secondary N) is 3. The van der Waals surface area contributed by atoms with Crippen LogP contribution in [-0.2, 0) is 25.6 Å². The predicted molar refractivity (Wildman–Crippen MR) is 106 cm³/mol. The third kappa shape index (κ3) is 5.94. The van der Waals surface area contributed by atoms with Crippen LogP contribution in [0.2, 0.25) is 0 Å². The molecule has 0 saturated carbocycles. The first-order chi connectivity index (χ1) is 13.7. The van der Waals surface area contributed by atoms with E-state index in [0.717, 1.165) is 0 Å². The zero-order chi connectivity index (χ0) is 21.6. The summed E-state index contributed by atoms with van der Waals surface area (Å²) < 4.78 is 0. The maximum Gasteiger partial charge on any atom is 0.327 e. The number of carbonyl (C=O) groups excluding carboxylic acids is 3. The lowest BCUT2D eigenvalue weighted by Gasteiger charge is -2.27. The quantitative estimate of drug-likeness (QED) is 0.255. The van der Waals surface area contributed by atoms with Gasteiger partial charge >= 0.3 is 5.97 Å². The number of aliphatic carboxylic acids is 1. The first kappa shape index (κ1) is 22.7. The molecule has 11 nitrogen and oxygen atoms in total. The number of likely N-dealkylation sites (tertiary alicyclic amines) is 1. The molecule has 1 aliphatic rings. The molecule has 29 heavy (non-hydrogen) atoms. The molecule has 1 aromatic heterocycles. The summed E-state index contributed by atoms with van der Waals surface area (Å²) in [6.07, 6.45) is 4.44. The van der Waals surface area contributed by atoms with E-state index < -0.39 is 42.0 Å². The van der Waals surface area contributed by atoms with Crippen molar-refractivity contribution in [1.82, 2.24) is 25.5 Å². The Morgan fingerprint density at radius 2 is 2.14 bits per heavy atom. The maximum absolute atomic E-state index is 12.7. The highest BCUT2D eigenvalue weighted by molar-refractivity contribution is 7.80. The molecular formula is C17H26N6O5S. The molecule has 12 heteroatoms. The number of amides is 3. The monoisotopic (exact) mass is 426 g/mol. The first-order valence-corrected chi connectivity index (χ1v) is 9.85. The van der Waals surface area contributed by atoms with Crippen molar-refractivity contribution in [2.24, 2.45) is 5.73 Å². The van der Waals surface area contributed by atoms with Crippen molar-refractivity contribution in [3.05, 3.63) is 18.2 Å². The fraction of sp³-hybridized carbons (Fsp3) is 0.588. The third-order valence-electron chi connectivity index (χ3n) is 4.70. The summed E-state index contributed by atoms with van der Waals surface area (Å²) in [6.45, 7) is 1.84. The van der Waals surface area contributed by atoms with E-state index in [1.165, 1.54) is 18.2 Å². The number of hydrogen-bond donors (Lipinski definition) is 6. The summed E-state index contributed by atoms with van der Waals surface area (Å²) in [5, 5.41) is 13.8. The van der Waals surface area contributed by atoms with Crippen LogP contribution in [0.25, 0.3) is 0 Å². The van der Waals surface area contributed by atoms with Crippen LogP contribution in [0.4, 0.5) is 0 Å². The largest absolute Gasteiger partial charge is 0.480 e. The average molecular weight is 426 g/mol. The Bertz CT molecular complexity index is 743. The van der Waals surface area contributed by atoms with Crippen LogP contribution in [0.3, 0.4) is 0 Å². The maximum atomic E-state index is 12.7. The van der Waals surface area contributed by atoms with Gasteiger partial charge in [0.2, 0.25) is 17.7 Å². The van der Waals surface area contributed by atoms with Crippen LogP contribution in [0.5, 0.6) is 0 Å². The van der Waals surface area contributed by atoms with Crippen LogP contribution in [0, 0.1) is 0 Å². The molecule has 0 radical (unpaired) electrons. The molecule has 160 valence electrons. The number of carboxylic acids is 1. The molecule has 1 saturated heterocycles. The van der Waals surface area contributed by atoms with E-state index in [-0.39, 0.29) is 18.1 Å². The third-order valence-corrected chi connectivity index (χ3v) is 5.06. The van der Waals surface area contributed by atoms with Crippen molar-refractivity contribution in [3.8, 4) is 0 Å². The van der Waals surface area contributed by atoms with Crippen LogP contribution in [0.1, 0.15) is 25.5 Å². The number of nitrogens with two attached hydrogens (primary N) is 1. The number of aromatic amines is 1. The number of nitrogens with zero attached hydrogens (tertiary/aromatic N) is 2. The topological polar surface area (TPSA) is 171 Å². The number of rotatable bonds is 9. The van der Waals surface area contributed by atoms with Crippen molar-refractivity contribution in [1.29, 1.82) is 0 Å². The number of aromatic nitrogens is 2. The Labute approximate surface area is 173 Å². The minimum absolute atomic E-state index is 0.0825. The summed E-state index contributed by atoms with van der Waals surface area (Å²) >= 11 is 3.88. The molecule has 4 atom stereocenters. The van der Waals surface area contributed by atoms with Gasteiger partial charge in [0.15, 0.2) is 0 Å². The normalized spacial score (nSPS) is 19.3. The van der Waals surface area contributed by atoms with E-state index in [1.807, 2.05) is 0 Å². The van der Waals surface area contributed by atoms with Crippen molar-refractivity contribution in [2.75, 3.05) is 12.3 Å². The lowest BCUT2D eigenvalue weighted by Crippen LogP contribution is -2.56. The van der Waals surface area contributed by atoms with Crippen molar-refractivity contribution in [3.63, 3.8) is 0 Å². The molecular weight excluding hydrogens is 400 g/mol. The summed E-state index contributed by atoms with van der Waals surface area (Å²) in [5.41, 5.74) is 6.72. The Morgan fingerprint density at radius 1 is 1.41 bits per heavy atom. The molecule has 4 unspecified atom stereocenters. The smallest absolute Gasteiger partial charge is 0.327 e. The minimum atomic E-state index is -1.22. The predicted octanol–water partition coefficient (Wildman–Crippen LogP) is -1.73. The lowest BCUT2D eigenvalue weighted by atomic mass is 10.1. The van der Waals surface area contributed by atoms with Gasteiger partial charge in [0.05, 0.1) is 12.4 Å². The van der Waals surface area contributed by atoms with Gasteiger partial charge in [0, 0.05) is 30.6 Å². The van der Waals surface area contributed by atoms with E-state index in [1.54, 1.807) is 6.20 Å². The Kier molecular flexibility index (Phi) is 8.02.